The van der Waals surface area contributed by atoms with Gasteiger partial charge in [-0.15, -0.1) is 10.2 Å². The average molecular weight is 493 g/mol. The van der Waals surface area contributed by atoms with Crippen molar-refractivity contribution in [3.63, 3.8) is 0 Å². The van der Waals surface area contributed by atoms with Gasteiger partial charge in [-0.1, -0.05) is 23.2 Å². The number of hydrogen-bond acceptors (Lipinski definition) is 6. The molecular weight excluding hydrogens is 481 g/mol. The first kappa shape index (κ1) is 22.4. The number of rotatable bonds is 6. The van der Waals surface area contributed by atoms with E-state index in [0.29, 0.717) is 22.7 Å². The molecule has 0 fully saturated rings. The lowest BCUT2D eigenvalue weighted by atomic mass is 10.2. The Morgan fingerprint density at radius 2 is 1.73 bits per heavy atom. The fourth-order valence-electron chi connectivity index (χ4n) is 2.67. The third-order valence-corrected chi connectivity index (χ3v) is 4.84. The molecule has 2 aromatic carbocycles. The molecule has 2 amide bonds. The molecule has 0 radical (unpaired) electrons. The second-order valence-corrected chi connectivity index (χ2v) is 7.40. The molecule has 4 rings (SSSR count). The van der Waals surface area contributed by atoms with Crippen molar-refractivity contribution in [1.82, 2.24) is 25.7 Å². The van der Waals surface area contributed by atoms with Crippen LogP contribution in [0.5, 0.6) is 0 Å². The molecular formula is C20H12Cl2F2N6O3. The normalized spacial score (nSPS) is 10.8. The maximum Gasteiger partial charge on any atom is 0.272 e. The zero-order valence-electron chi connectivity index (χ0n) is 16.3. The maximum atomic E-state index is 13.4. The van der Waals surface area contributed by atoms with Gasteiger partial charge in [-0.25, -0.2) is 8.78 Å². The molecule has 2 heterocycles. The lowest BCUT2D eigenvalue weighted by molar-refractivity contribution is 0.0941. The first-order valence-corrected chi connectivity index (χ1v) is 9.93. The summed E-state index contributed by atoms with van der Waals surface area (Å²) in [6.45, 7) is -0.0710. The van der Waals surface area contributed by atoms with E-state index in [9.17, 15) is 18.4 Å². The van der Waals surface area contributed by atoms with Crippen LogP contribution in [0.25, 0.3) is 11.5 Å². The summed E-state index contributed by atoms with van der Waals surface area (Å²) in [5, 5.41) is 19.2. The summed E-state index contributed by atoms with van der Waals surface area (Å²) in [6.07, 6.45) is 0. The Hall–Kier alpha value is -3.83. The predicted octanol–water partition coefficient (Wildman–Crippen LogP) is 4.23. The summed E-state index contributed by atoms with van der Waals surface area (Å²) in [5.74, 6) is -3.37. The second kappa shape index (κ2) is 9.35. The number of H-pyrrole nitrogens is 1. The zero-order chi connectivity index (χ0) is 23.5. The molecule has 0 unspecified atom stereocenters. The van der Waals surface area contributed by atoms with Gasteiger partial charge in [0.25, 0.3) is 11.8 Å². The molecule has 13 heteroatoms. The van der Waals surface area contributed by atoms with E-state index in [2.05, 4.69) is 31.0 Å². The summed E-state index contributed by atoms with van der Waals surface area (Å²) < 4.78 is 32.1. The van der Waals surface area contributed by atoms with Crippen LogP contribution in [0.4, 0.5) is 14.6 Å². The number of hydrogen-bond donors (Lipinski definition) is 3. The number of carbonyl (C=O) groups is 2. The van der Waals surface area contributed by atoms with Gasteiger partial charge in [0, 0.05) is 16.7 Å². The fourth-order valence-corrected chi connectivity index (χ4v) is 3.03. The highest BCUT2D eigenvalue weighted by Gasteiger charge is 2.18. The summed E-state index contributed by atoms with van der Waals surface area (Å²) in [5.41, 5.74) is 0.321. The Balaban J connectivity index is 1.36. The van der Waals surface area contributed by atoms with Crippen LogP contribution < -0.4 is 10.6 Å². The Kier molecular flexibility index (Phi) is 6.33. The maximum absolute atomic E-state index is 13.4. The van der Waals surface area contributed by atoms with Gasteiger partial charge in [-0.2, -0.15) is 5.10 Å². The van der Waals surface area contributed by atoms with E-state index in [1.165, 1.54) is 6.07 Å². The van der Waals surface area contributed by atoms with Crippen LogP contribution in [0.3, 0.4) is 0 Å². The summed E-state index contributed by atoms with van der Waals surface area (Å²) in [6, 6.07) is 9.38. The third-order valence-electron chi connectivity index (χ3n) is 4.27. The number of amides is 2. The molecule has 9 nitrogen and oxygen atoms in total. The van der Waals surface area contributed by atoms with Crippen LogP contribution in [0, 0.1) is 11.6 Å². The number of halogens is 4. The smallest absolute Gasteiger partial charge is 0.272 e. The lowest BCUT2D eigenvalue weighted by Crippen LogP contribution is -2.23. The summed E-state index contributed by atoms with van der Waals surface area (Å²) >= 11 is 11.6. The molecule has 0 bridgehead atoms. The van der Waals surface area contributed by atoms with E-state index < -0.39 is 23.4 Å². The van der Waals surface area contributed by atoms with Gasteiger partial charge in [-0.05, 0) is 36.4 Å². The van der Waals surface area contributed by atoms with Crippen LogP contribution in [0.15, 0.2) is 46.9 Å². The van der Waals surface area contributed by atoms with Gasteiger partial charge >= 0.3 is 0 Å². The number of carbonyl (C=O) groups excluding carboxylic acids is 2. The monoisotopic (exact) mass is 492 g/mol. The van der Waals surface area contributed by atoms with Crippen molar-refractivity contribution in [2.75, 3.05) is 5.32 Å². The molecule has 0 saturated carbocycles. The van der Waals surface area contributed by atoms with E-state index in [4.69, 9.17) is 27.6 Å². The lowest BCUT2D eigenvalue weighted by Gasteiger charge is -2.05. The first-order chi connectivity index (χ1) is 15.8. The van der Waals surface area contributed by atoms with Gasteiger partial charge in [0.1, 0.15) is 5.82 Å². The van der Waals surface area contributed by atoms with E-state index in [0.717, 1.165) is 0 Å². The van der Waals surface area contributed by atoms with E-state index in [1.807, 2.05) is 0 Å². The standard InChI is InChI=1S/C20H12Cl2F2N6O3/c21-10-3-1-9(2-4-10)20-30-29-17(33-20)8-25-19(32)15-7-16(28-27-15)26-18(31)11-5-13(23)14(24)6-12(11)22/h1-7H,8H2,(H,25,32)(H2,26,27,28,31). The van der Waals surface area contributed by atoms with Crippen LogP contribution in [-0.4, -0.2) is 32.2 Å². The zero-order valence-corrected chi connectivity index (χ0v) is 17.8. The number of anilines is 1. The average Bonchev–Trinajstić information content (AvgIpc) is 3.45. The number of benzene rings is 2. The number of aromatic nitrogens is 4. The Morgan fingerprint density at radius 3 is 2.48 bits per heavy atom. The second-order valence-electron chi connectivity index (χ2n) is 6.56. The van der Waals surface area contributed by atoms with Crippen molar-refractivity contribution in [3.05, 3.63) is 81.3 Å². The largest absolute Gasteiger partial charge is 0.419 e. The third kappa shape index (κ3) is 5.16. The van der Waals surface area contributed by atoms with E-state index >= 15 is 0 Å². The minimum atomic E-state index is -1.23. The Bertz CT molecular complexity index is 1340. The highest BCUT2D eigenvalue weighted by molar-refractivity contribution is 6.34. The van der Waals surface area contributed by atoms with Gasteiger partial charge in [0.15, 0.2) is 17.3 Å². The van der Waals surface area contributed by atoms with Gasteiger partial charge in [0.05, 0.1) is 17.1 Å². The van der Waals surface area contributed by atoms with Crippen LogP contribution in [-0.2, 0) is 6.54 Å². The van der Waals surface area contributed by atoms with Crippen LogP contribution >= 0.6 is 23.2 Å². The van der Waals surface area contributed by atoms with Crippen LogP contribution in [0.1, 0.15) is 26.7 Å². The van der Waals surface area contributed by atoms with Crippen molar-refractivity contribution in [3.8, 4) is 11.5 Å². The molecule has 0 atom stereocenters. The SMILES string of the molecule is O=C(NCc1nnc(-c2ccc(Cl)cc2)o1)c1cc(NC(=O)c2cc(F)c(F)cc2Cl)[nH]n1. The topological polar surface area (TPSA) is 126 Å². The summed E-state index contributed by atoms with van der Waals surface area (Å²) in [7, 11) is 0. The van der Waals surface area contributed by atoms with E-state index in [-0.39, 0.29) is 40.4 Å². The molecule has 0 aliphatic carbocycles. The number of nitrogens with one attached hydrogen (secondary N) is 3. The molecule has 3 N–H and O–H groups in total. The highest BCUT2D eigenvalue weighted by Crippen LogP contribution is 2.22. The molecule has 4 aromatic rings. The number of nitrogens with zero attached hydrogens (tertiary/aromatic N) is 3. The highest BCUT2D eigenvalue weighted by atomic mass is 35.5. The first-order valence-electron chi connectivity index (χ1n) is 9.18. The van der Waals surface area contributed by atoms with Crippen LogP contribution in [0.2, 0.25) is 10.0 Å². The number of aromatic amines is 1. The Morgan fingerprint density at radius 1 is 1.00 bits per heavy atom. The van der Waals surface area contributed by atoms with Crippen molar-refractivity contribution >= 4 is 40.8 Å². The predicted molar refractivity (Wildman–Crippen MR) is 114 cm³/mol. The quantitative estimate of drug-likeness (QED) is 0.346. The molecule has 168 valence electrons. The van der Waals surface area contributed by atoms with E-state index in [1.54, 1.807) is 24.3 Å². The molecule has 0 aliphatic heterocycles. The molecule has 2 aromatic heterocycles. The molecule has 0 saturated heterocycles. The molecule has 0 aliphatic rings. The van der Waals surface area contributed by atoms with Gasteiger partial charge < -0.3 is 15.1 Å². The molecule has 33 heavy (non-hydrogen) atoms. The van der Waals surface area contributed by atoms with Crippen molar-refractivity contribution in [2.45, 2.75) is 6.54 Å². The van der Waals surface area contributed by atoms with Crippen molar-refractivity contribution < 1.29 is 22.8 Å². The van der Waals surface area contributed by atoms with Gasteiger partial charge in [0.2, 0.25) is 11.8 Å². The van der Waals surface area contributed by atoms with Crippen molar-refractivity contribution in [2.24, 2.45) is 0 Å². The minimum absolute atomic E-state index is 0.0359. The van der Waals surface area contributed by atoms with Crippen molar-refractivity contribution in [1.29, 1.82) is 0 Å². The molecule has 0 spiro atoms. The minimum Gasteiger partial charge on any atom is -0.419 e. The Labute approximate surface area is 194 Å². The summed E-state index contributed by atoms with van der Waals surface area (Å²) in [4.78, 5) is 24.6. The van der Waals surface area contributed by atoms with Gasteiger partial charge in [-0.3, -0.25) is 14.7 Å². The fraction of sp³-hybridized carbons (Fsp3) is 0.0500.